The lowest BCUT2D eigenvalue weighted by atomic mass is 9.77. The summed E-state index contributed by atoms with van der Waals surface area (Å²) in [5.41, 5.74) is 2.53. The van der Waals surface area contributed by atoms with E-state index in [1.165, 1.54) is 24.5 Å². The summed E-state index contributed by atoms with van der Waals surface area (Å²) in [6.45, 7) is 3.69. The van der Waals surface area contributed by atoms with Gasteiger partial charge in [-0.25, -0.2) is 4.39 Å². The number of benzene rings is 2. The van der Waals surface area contributed by atoms with Crippen molar-refractivity contribution in [2.45, 2.75) is 44.4 Å². The summed E-state index contributed by atoms with van der Waals surface area (Å²) < 4.78 is 54.4. The monoisotopic (exact) mass is 404 g/mol. The lowest BCUT2D eigenvalue weighted by Crippen LogP contribution is -2.17. The van der Waals surface area contributed by atoms with Crippen LogP contribution in [0.4, 0.5) is 17.6 Å². The van der Waals surface area contributed by atoms with Gasteiger partial charge in [0.15, 0.2) is 11.6 Å². The van der Waals surface area contributed by atoms with E-state index in [2.05, 4.69) is 17.4 Å². The molecule has 0 N–H and O–H groups in total. The van der Waals surface area contributed by atoms with Gasteiger partial charge in [0, 0.05) is 0 Å². The van der Waals surface area contributed by atoms with Crippen LogP contribution in [0.1, 0.15) is 43.6 Å². The Morgan fingerprint density at radius 1 is 0.966 bits per heavy atom. The molecule has 0 spiro atoms. The van der Waals surface area contributed by atoms with Gasteiger partial charge in [-0.3, -0.25) is 0 Å². The Balaban J connectivity index is 1.63. The summed E-state index contributed by atoms with van der Waals surface area (Å²) in [7, 11) is 0. The van der Waals surface area contributed by atoms with Crippen molar-refractivity contribution in [3.05, 3.63) is 78.7 Å². The number of hydrogen-bond donors (Lipinski definition) is 0. The molecule has 0 unspecified atom stereocenters. The van der Waals surface area contributed by atoms with Crippen molar-refractivity contribution in [3.8, 4) is 16.9 Å². The third-order valence-corrected chi connectivity index (χ3v) is 5.46. The van der Waals surface area contributed by atoms with Crippen molar-refractivity contribution in [2.24, 2.45) is 5.92 Å². The average Bonchev–Trinajstić information content (AvgIpc) is 2.69. The normalized spacial score (nSPS) is 20.0. The predicted octanol–water partition coefficient (Wildman–Crippen LogP) is 7.80. The maximum Gasteiger partial charge on any atom is 0.573 e. The van der Waals surface area contributed by atoms with E-state index in [1.54, 1.807) is 6.08 Å². The highest BCUT2D eigenvalue weighted by Gasteiger charge is 2.32. The molecule has 29 heavy (non-hydrogen) atoms. The van der Waals surface area contributed by atoms with Crippen molar-refractivity contribution in [3.63, 3.8) is 0 Å². The van der Waals surface area contributed by atoms with Crippen LogP contribution in [0.15, 0.2) is 67.3 Å². The van der Waals surface area contributed by atoms with Gasteiger partial charge in [0.1, 0.15) is 0 Å². The minimum Gasteiger partial charge on any atom is -0.403 e. The molecule has 0 radical (unpaired) electrons. The van der Waals surface area contributed by atoms with Crippen LogP contribution in [0, 0.1) is 11.7 Å². The van der Waals surface area contributed by atoms with Gasteiger partial charge in [0.05, 0.1) is 0 Å². The van der Waals surface area contributed by atoms with Gasteiger partial charge in [-0.1, -0.05) is 55.1 Å². The molecule has 2 aromatic carbocycles. The SMILES string of the molecule is C=C/C=C\CC1CCC(c2ccc(-c3ccc(OC(F)(F)F)c(F)c3)cc2)CC1. The molecule has 0 aliphatic heterocycles. The lowest BCUT2D eigenvalue weighted by Gasteiger charge is -2.28. The molecule has 0 bridgehead atoms. The highest BCUT2D eigenvalue weighted by molar-refractivity contribution is 5.64. The largest absolute Gasteiger partial charge is 0.573 e. The minimum absolute atomic E-state index is 0.515. The molecule has 0 atom stereocenters. The van der Waals surface area contributed by atoms with Gasteiger partial charge >= 0.3 is 6.36 Å². The van der Waals surface area contributed by atoms with E-state index in [4.69, 9.17) is 0 Å². The van der Waals surface area contributed by atoms with Crippen LogP contribution in [-0.4, -0.2) is 6.36 Å². The molecule has 1 aliphatic rings. The fourth-order valence-electron chi connectivity index (χ4n) is 3.93. The quantitative estimate of drug-likeness (QED) is 0.353. The smallest absolute Gasteiger partial charge is 0.403 e. The number of alkyl halides is 3. The van der Waals surface area contributed by atoms with Crippen LogP contribution in [0.5, 0.6) is 5.75 Å². The van der Waals surface area contributed by atoms with Crippen LogP contribution >= 0.6 is 0 Å². The van der Waals surface area contributed by atoms with E-state index in [-0.39, 0.29) is 0 Å². The summed E-state index contributed by atoms with van der Waals surface area (Å²) >= 11 is 0. The zero-order valence-corrected chi connectivity index (χ0v) is 16.1. The Kier molecular flexibility index (Phi) is 6.78. The molecule has 2 aromatic rings. The molecular formula is C24H24F4O. The van der Waals surface area contributed by atoms with Crippen molar-refractivity contribution in [1.82, 2.24) is 0 Å². The van der Waals surface area contributed by atoms with E-state index in [9.17, 15) is 17.6 Å². The summed E-state index contributed by atoms with van der Waals surface area (Å²) in [5.74, 6) is -0.615. The van der Waals surface area contributed by atoms with Crippen molar-refractivity contribution >= 4 is 0 Å². The number of hydrogen-bond acceptors (Lipinski definition) is 1. The molecule has 0 heterocycles. The first kappa shape index (κ1) is 21.2. The molecule has 0 aromatic heterocycles. The zero-order chi connectivity index (χ0) is 20.9. The summed E-state index contributed by atoms with van der Waals surface area (Å²) in [5, 5.41) is 0. The van der Waals surface area contributed by atoms with E-state index < -0.39 is 17.9 Å². The first-order chi connectivity index (χ1) is 13.9. The number of ether oxygens (including phenoxy) is 1. The van der Waals surface area contributed by atoms with Crippen LogP contribution in [0.2, 0.25) is 0 Å². The molecule has 5 heteroatoms. The Hall–Kier alpha value is -2.56. The molecule has 0 amide bonds. The minimum atomic E-state index is -4.91. The highest BCUT2D eigenvalue weighted by Crippen LogP contribution is 2.38. The number of rotatable bonds is 6. The Morgan fingerprint density at radius 3 is 2.21 bits per heavy atom. The molecule has 1 nitrogen and oxygen atoms in total. The highest BCUT2D eigenvalue weighted by atomic mass is 19.4. The first-order valence-corrected chi connectivity index (χ1v) is 9.79. The first-order valence-electron chi connectivity index (χ1n) is 9.79. The molecule has 3 rings (SSSR count). The zero-order valence-electron chi connectivity index (χ0n) is 16.1. The van der Waals surface area contributed by atoms with E-state index in [0.29, 0.717) is 11.5 Å². The van der Waals surface area contributed by atoms with Gasteiger partial charge in [0.25, 0.3) is 0 Å². The van der Waals surface area contributed by atoms with Gasteiger partial charge in [-0.2, -0.15) is 0 Å². The van der Waals surface area contributed by atoms with Crippen molar-refractivity contribution in [1.29, 1.82) is 0 Å². The van der Waals surface area contributed by atoms with E-state index in [0.717, 1.165) is 42.9 Å². The Bertz CT molecular complexity index is 844. The standard InChI is InChI=1S/C24H24F4O/c1-2-3-4-5-17-6-8-18(9-7-17)19-10-12-20(13-11-19)21-14-15-23(22(25)16-21)29-24(26,27)28/h2-4,10-18H,1,5-9H2/b4-3-. The lowest BCUT2D eigenvalue weighted by molar-refractivity contribution is -0.275. The van der Waals surface area contributed by atoms with Crippen molar-refractivity contribution < 1.29 is 22.3 Å². The number of halogens is 4. The van der Waals surface area contributed by atoms with Crippen LogP contribution in [0.25, 0.3) is 11.1 Å². The average molecular weight is 404 g/mol. The third kappa shape index (κ3) is 5.96. The predicted molar refractivity (Wildman–Crippen MR) is 107 cm³/mol. The second kappa shape index (κ2) is 9.29. The Labute approximate surface area is 168 Å². The molecule has 0 saturated heterocycles. The summed E-state index contributed by atoms with van der Waals surface area (Å²) in [6.07, 6.45) is 6.83. The number of allylic oxidation sites excluding steroid dienone is 3. The summed E-state index contributed by atoms with van der Waals surface area (Å²) in [6, 6.07) is 11.4. The molecule has 1 aliphatic carbocycles. The Morgan fingerprint density at radius 2 is 1.62 bits per heavy atom. The molecule has 154 valence electrons. The fourth-order valence-corrected chi connectivity index (χ4v) is 3.93. The van der Waals surface area contributed by atoms with Crippen LogP contribution in [-0.2, 0) is 0 Å². The van der Waals surface area contributed by atoms with Crippen LogP contribution in [0.3, 0.4) is 0 Å². The van der Waals surface area contributed by atoms with E-state index in [1.807, 2.05) is 30.3 Å². The van der Waals surface area contributed by atoms with Gasteiger partial charge in [-0.15, -0.1) is 13.2 Å². The maximum atomic E-state index is 13.9. The molecule has 1 fully saturated rings. The van der Waals surface area contributed by atoms with Gasteiger partial charge in [0.2, 0.25) is 0 Å². The molecular weight excluding hydrogens is 380 g/mol. The van der Waals surface area contributed by atoms with E-state index >= 15 is 0 Å². The molecule has 1 saturated carbocycles. The third-order valence-electron chi connectivity index (χ3n) is 5.46. The maximum absolute atomic E-state index is 13.9. The second-order valence-electron chi connectivity index (χ2n) is 7.43. The van der Waals surface area contributed by atoms with Crippen LogP contribution < -0.4 is 4.74 Å². The topological polar surface area (TPSA) is 9.23 Å². The van der Waals surface area contributed by atoms with Crippen molar-refractivity contribution in [2.75, 3.05) is 0 Å². The fraction of sp³-hybridized carbons (Fsp3) is 0.333. The summed E-state index contributed by atoms with van der Waals surface area (Å²) in [4.78, 5) is 0. The van der Waals surface area contributed by atoms with Gasteiger partial charge < -0.3 is 4.74 Å². The second-order valence-corrected chi connectivity index (χ2v) is 7.43. The van der Waals surface area contributed by atoms with Gasteiger partial charge in [-0.05, 0) is 72.8 Å².